The Labute approximate surface area is 187 Å². The third-order valence-corrected chi connectivity index (χ3v) is 6.72. The van der Waals surface area contributed by atoms with E-state index in [-0.39, 0.29) is 0 Å². The van der Waals surface area contributed by atoms with Crippen LogP contribution in [-0.2, 0) is 38.1 Å². The standard InChI is InChI=1S/C17H16N2O12S2/c1-29-17(20)14(31-33(27,28)16-9-5-3-7-13(16)19(23)24)10-11-30-32(25,26)15-8-4-2-6-12(15)18(21)22/h2-9,14H,10-11H2,1H3. The lowest BCUT2D eigenvalue weighted by Crippen LogP contribution is -2.30. The predicted molar refractivity (Wildman–Crippen MR) is 108 cm³/mol. The van der Waals surface area contributed by atoms with Gasteiger partial charge >= 0.3 is 26.2 Å². The first-order valence-corrected chi connectivity index (χ1v) is 11.6. The molecule has 0 saturated carbocycles. The Balaban J connectivity index is 2.22. The van der Waals surface area contributed by atoms with E-state index in [9.17, 15) is 41.9 Å². The Morgan fingerprint density at radius 1 is 0.879 bits per heavy atom. The van der Waals surface area contributed by atoms with Gasteiger partial charge in [0.15, 0.2) is 15.9 Å². The second-order valence-electron chi connectivity index (χ2n) is 6.08. The van der Waals surface area contributed by atoms with E-state index >= 15 is 0 Å². The number of nitro benzene ring substituents is 2. The Morgan fingerprint density at radius 2 is 1.33 bits per heavy atom. The van der Waals surface area contributed by atoms with Gasteiger partial charge in [-0.2, -0.15) is 16.8 Å². The lowest BCUT2D eigenvalue weighted by atomic mass is 10.3. The molecular formula is C17H16N2O12S2. The van der Waals surface area contributed by atoms with Crippen LogP contribution < -0.4 is 0 Å². The van der Waals surface area contributed by atoms with E-state index < -0.39 is 76.3 Å². The average molecular weight is 504 g/mol. The summed E-state index contributed by atoms with van der Waals surface area (Å²) in [5, 5.41) is 22.1. The number of hydrogen-bond acceptors (Lipinski definition) is 12. The predicted octanol–water partition coefficient (Wildman–Crippen LogP) is 1.55. The maximum absolute atomic E-state index is 12.5. The number of benzene rings is 2. The summed E-state index contributed by atoms with van der Waals surface area (Å²) in [4.78, 5) is 30.6. The Bertz CT molecular complexity index is 1270. The first-order chi connectivity index (χ1) is 15.4. The molecule has 16 heteroatoms. The van der Waals surface area contributed by atoms with E-state index in [4.69, 9.17) is 8.37 Å². The van der Waals surface area contributed by atoms with E-state index in [2.05, 4.69) is 4.74 Å². The summed E-state index contributed by atoms with van der Waals surface area (Å²) in [5.74, 6) is -1.23. The quantitative estimate of drug-likeness (QED) is 0.185. The summed E-state index contributed by atoms with van der Waals surface area (Å²) in [5.41, 5.74) is -1.56. The highest BCUT2D eigenvalue weighted by Crippen LogP contribution is 2.27. The van der Waals surface area contributed by atoms with Gasteiger partial charge < -0.3 is 4.74 Å². The third-order valence-electron chi connectivity index (χ3n) is 3.99. The number of nitrogens with zero attached hydrogens (tertiary/aromatic N) is 2. The summed E-state index contributed by atoms with van der Waals surface area (Å²) in [7, 11) is -8.63. The summed E-state index contributed by atoms with van der Waals surface area (Å²) >= 11 is 0. The number of hydrogen-bond donors (Lipinski definition) is 0. The van der Waals surface area contributed by atoms with E-state index in [1.807, 2.05) is 0 Å². The third kappa shape index (κ3) is 6.28. The van der Waals surface area contributed by atoms with E-state index in [0.717, 1.165) is 31.4 Å². The molecule has 1 unspecified atom stereocenters. The molecule has 0 aliphatic rings. The number of ether oxygens (including phenoxy) is 1. The highest BCUT2D eigenvalue weighted by Gasteiger charge is 2.34. The second kappa shape index (κ2) is 10.4. The highest BCUT2D eigenvalue weighted by atomic mass is 32.2. The Kier molecular flexibility index (Phi) is 8.15. The molecule has 0 radical (unpaired) electrons. The molecule has 0 aliphatic carbocycles. The Morgan fingerprint density at radius 3 is 1.79 bits per heavy atom. The maximum atomic E-state index is 12.5. The van der Waals surface area contributed by atoms with Gasteiger partial charge in [0.1, 0.15) is 0 Å². The van der Waals surface area contributed by atoms with Crippen molar-refractivity contribution in [3.63, 3.8) is 0 Å². The van der Waals surface area contributed by atoms with Crippen LogP contribution in [0.3, 0.4) is 0 Å². The molecule has 1 atom stereocenters. The van der Waals surface area contributed by atoms with Gasteiger partial charge in [0.2, 0.25) is 0 Å². The minimum atomic E-state index is -4.86. The van der Waals surface area contributed by atoms with Crippen LogP contribution in [-0.4, -0.2) is 52.5 Å². The number of nitro groups is 2. The first kappa shape index (κ1) is 25.8. The minimum absolute atomic E-state index is 0.688. The summed E-state index contributed by atoms with van der Waals surface area (Å²) in [6.07, 6.45) is -2.62. The van der Waals surface area contributed by atoms with Gasteiger partial charge in [-0.15, -0.1) is 0 Å². The number of para-hydroxylation sites is 2. The van der Waals surface area contributed by atoms with Gasteiger partial charge in [-0.25, -0.2) is 4.79 Å². The van der Waals surface area contributed by atoms with Gasteiger partial charge in [0.05, 0.1) is 23.6 Å². The number of esters is 1. The van der Waals surface area contributed by atoms with Gasteiger partial charge in [-0.3, -0.25) is 28.6 Å². The van der Waals surface area contributed by atoms with Crippen LogP contribution in [0.5, 0.6) is 0 Å². The molecular weight excluding hydrogens is 488 g/mol. The van der Waals surface area contributed by atoms with Crippen LogP contribution in [0.1, 0.15) is 6.42 Å². The van der Waals surface area contributed by atoms with Crippen LogP contribution in [0.15, 0.2) is 58.3 Å². The van der Waals surface area contributed by atoms with Crippen molar-refractivity contribution < 1.29 is 44.6 Å². The van der Waals surface area contributed by atoms with Gasteiger partial charge in [-0.05, 0) is 12.1 Å². The van der Waals surface area contributed by atoms with Gasteiger partial charge in [0, 0.05) is 18.6 Å². The molecule has 0 aliphatic heterocycles. The van der Waals surface area contributed by atoms with Crippen molar-refractivity contribution in [3.8, 4) is 0 Å². The van der Waals surface area contributed by atoms with Crippen LogP contribution in [0, 0.1) is 20.2 Å². The zero-order valence-electron chi connectivity index (χ0n) is 16.7. The van der Waals surface area contributed by atoms with Crippen molar-refractivity contribution in [3.05, 3.63) is 68.8 Å². The van der Waals surface area contributed by atoms with Crippen molar-refractivity contribution in [1.82, 2.24) is 0 Å². The molecule has 0 bridgehead atoms. The molecule has 0 N–H and O–H groups in total. The van der Waals surface area contributed by atoms with Crippen molar-refractivity contribution in [1.29, 1.82) is 0 Å². The lowest BCUT2D eigenvalue weighted by Gasteiger charge is -2.15. The van der Waals surface area contributed by atoms with Crippen LogP contribution >= 0.6 is 0 Å². The molecule has 2 aromatic carbocycles. The number of rotatable bonds is 11. The molecule has 178 valence electrons. The molecule has 0 heterocycles. The topological polar surface area (TPSA) is 199 Å². The SMILES string of the molecule is COC(=O)C(CCOS(=O)(=O)c1ccccc1[N+](=O)[O-])OS(=O)(=O)c1ccccc1[N+](=O)[O-]. The maximum Gasteiger partial charge on any atom is 0.336 e. The minimum Gasteiger partial charge on any atom is -0.467 e. The van der Waals surface area contributed by atoms with Gasteiger partial charge in [-0.1, -0.05) is 24.3 Å². The monoisotopic (exact) mass is 504 g/mol. The van der Waals surface area contributed by atoms with Crippen molar-refractivity contribution in [2.45, 2.75) is 22.3 Å². The fraction of sp³-hybridized carbons (Fsp3) is 0.235. The zero-order valence-corrected chi connectivity index (χ0v) is 18.4. The van der Waals surface area contributed by atoms with E-state index in [1.165, 1.54) is 24.3 Å². The fourth-order valence-corrected chi connectivity index (χ4v) is 4.82. The molecule has 2 aromatic rings. The summed E-state index contributed by atoms with van der Waals surface area (Å²) in [6.45, 7) is -0.833. The lowest BCUT2D eigenvalue weighted by molar-refractivity contribution is -0.388. The molecule has 0 fully saturated rings. The molecule has 0 saturated heterocycles. The summed E-state index contributed by atoms with van der Waals surface area (Å²) < 4.78 is 63.6. The molecule has 0 aromatic heterocycles. The highest BCUT2D eigenvalue weighted by molar-refractivity contribution is 7.87. The van der Waals surface area contributed by atoms with Crippen LogP contribution in [0.4, 0.5) is 11.4 Å². The van der Waals surface area contributed by atoms with Crippen molar-refractivity contribution in [2.75, 3.05) is 13.7 Å². The smallest absolute Gasteiger partial charge is 0.336 e. The average Bonchev–Trinajstić information content (AvgIpc) is 2.77. The largest absolute Gasteiger partial charge is 0.467 e. The number of carbonyl (C=O) groups is 1. The molecule has 33 heavy (non-hydrogen) atoms. The molecule has 0 amide bonds. The molecule has 14 nitrogen and oxygen atoms in total. The van der Waals surface area contributed by atoms with Gasteiger partial charge in [0.25, 0.3) is 11.4 Å². The normalized spacial score (nSPS) is 12.6. The first-order valence-electron chi connectivity index (χ1n) is 8.78. The van der Waals surface area contributed by atoms with E-state index in [0.29, 0.717) is 0 Å². The second-order valence-corrected chi connectivity index (χ2v) is 9.20. The fourth-order valence-electron chi connectivity index (χ4n) is 2.51. The van der Waals surface area contributed by atoms with Crippen molar-refractivity contribution in [2.24, 2.45) is 0 Å². The van der Waals surface area contributed by atoms with Crippen LogP contribution in [0.2, 0.25) is 0 Å². The van der Waals surface area contributed by atoms with Crippen molar-refractivity contribution >= 4 is 37.6 Å². The van der Waals surface area contributed by atoms with E-state index in [1.54, 1.807) is 0 Å². The zero-order chi connectivity index (χ0) is 24.8. The number of carbonyl (C=O) groups excluding carboxylic acids is 1. The Hall–Kier alpha value is -3.47. The number of methoxy groups -OCH3 is 1. The molecule has 0 spiro atoms. The molecule has 2 rings (SSSR count). The van der Waals surface area contributed by atoms with Crippen LogP contribution in [0.25, 0.3) is 0 Å². The summed E-state index contributed by atoms with van der Waals surface area (Å²) in [6, 6.07) is 8.55.